The Morgan fingerprint density at radius 2 is 1.86 bits per heavy atom. The van der Waals surface area contributed by atoms with Gasteiger partial charge in [-0.3, -0.25) is 4.98 Å². The molecule has 0 atom stereocenters. The molecule has 1 N–H and O–H groups in total. The van der Waals surface area contributed by atoms with Crippen molar-refractivity contribution in [3.63, 3.8) is 0 Å². The van der Waals surface area contributed by atoms with Crippen molar-refractivity contribution < 1.29 is 0 Å². The van der Waals surface area contributed by atoms with Gasteiger partial charge in [0.2, 0.25) is 0 Å². The first kappa shape index (κ1) is 15.9. The summed E-state index contributed by atoms with van der Waals surface area (Å²) in [6.07, 6.45) is 12.9. The minimum absolute atomic E-state index is 0.757. The van der Waals surface area contributed by atoms with Crippen molar-refractivity contribution >= 4 is 0 Å². The fraction of sp³-hybridized carbons (Fsp3) is 0.737. The molecule has 3 heteroatoms. The van der Waals surface area contributed by atoms with Crippen LogP contribution in [0.15, 0.2) is 24.4 Å². The molecule has 2 aliphatic rings. The van der Waals surface area contributed by atoms with Crippen molar-refractivity contribution in [3.05, 3.63) is 30.1 Å². The highest BCUT2D eigenvalue weighted by molar-refractivity contribution is 5.03. The Morgan fingerprint density at radius 1 is 1.05 bits per heavy atom. The normalized spacial score (nSPS) is 22.0. The van der Waals surface area contributed by atoms with Crippen LogP contribution in [0.3, 0.4) is 0 Å². The second kappa shape index (κ2) is 8.64. The highest BCUT2D eigenvalue weighted by Crippen LogP contribution is 2.23. The number of aromatic nitrogens is 1. The van der Waals surface area contributed by atoms with Crippen molar-refractivity contribution in [1.29, 1.82) is 0 Å². The summed E-state index contributed by atoms with van der Waals surface area (Å²) in [7, 11) is 0. The number of nitrogens with one attached hydrogen (secondary N) is 1. The summed E-state index contributed by atoms with van der Waals surface area (Å²) in [5, 5.41) is 3.85. The second-order valence-corrected chi connectivity index (χ2v) is 7.10. The van der Waals surface area contributed by atoms with Crippen LogP contribution in [0.5, 0.6) is 0 Å². The smallest absolute Gasteiger partial charge is 0.0416 e. The van der Waals surface area contributed by atoms with E-state index >= 15 is 0 Å². The molecule has 0 spiro atoms. The summed E-state index contributed by atoms with van der Waals surface area (Å²) >= 11 is 0. The van der Waals surface area contributed by atoms with Crippen LogP contribution in [0.2, 0.25) is 0 Å². The molecule has 1 saturated heterocycles. The van der Waals surface area contributed by atoms with Crippen molar-refractivity contribution in [2.24, 2.45) is 5.92 Å². The third-order valence-corrected chi connectivity index (χ3v) is 5.42. The molecule has 0 radical (unpaired) electrons. The van der Waals surface area contributed by atoms with E-state index in [-0.39, 0.29) is 0 Å². The molecule has 1 saturated carbocycles. The van der Waals surface area contributed by atoms with Crippen LogP contribution in [0.4, 0.5) is 0 Å². The van der Waals surface area contributed by atoms with Gasteiger partial charge >= 0.3 is 0 Å². The van der Waals surface area contributed by atoms with Crippen molar-refractivity contribution in [3.8, 4) is 0 Å². The van der Waals surface area contributed by atoms with Crippen LogP contribution in [0, 0.1) is 5.92 Å². The number of hydrogen-bond donors (Lipinski definition) is 1. The molecule has 3 rings (SSSR count). The Bertz CT molecular complexity index is 406. The van der Waals surface area contributed by atoms with E-state index in [4.69, 9.17) is 0 Å². The summed E-state index contributed by atoms with van der Waals surface area (Å²) in [6.45, 7) is 4.91. The van der Waals surface area contributed by atoms with E-state index in [0.29, 0.717) is 0 Å². The summed E-state index contributed by atoms with van der Waals surface area (Å²) in [6, 6.07) is 6.97. The second-order valence-electron chi connectivity index (χ2n) is 7.10. The summed E-state index contributed by atoms with van der Waals surface area (Å²) < 4.78 is 0. The fourth-order valence-electron chi connectivity index (χ4n) is 3.90. The SMILES string of the molecule is c1ccc(CCN2CCC(NCC3CCCCC3)CC2)nc1. The van der Waals surface area contributed by atoms with E-state index in [1.165, 1.54) is 70.3 Å². The van der Waals surface area contributed by atoms with Gasteiger partial charge in [0.15, 0.2) is 0 Å². The Labute approximate surface area is 135 Å². The lowest BCUT2D eigenvalue weighted by Gasteiger charge is -2.33. The zero-order valence-corrected chi connectivity index (χ0v) is 13.8. The lowest BCUT2D eigenvalue weighted by molar-refractivity contribution is 0.193. The molecule has 0 unspecified atom stereocenters. The van der Waals surface area contributed by atoms with Gasteiger partial charge in [-0.2, -0.15) is 0 Å². The topological polar surface area (TPSA) is 28.2 Å². The molecule has 0 amide bonds. The molecule has 0 bridgehead atoms. The van der Waals surface area contributed by atoms with E-state index in [0.717, 1.165) is 24.9 Å². The summed E-state index contributed by atoms with van der Waals surface area (Å²) in [5.41, 5.74) is 1.22. The van der Waals surface area contributed by atoms with Crippen LogP contribution in [-0.4, -0.2) is 42.1 Å². The quantitative estimate of drug-likeness (QED) is 0.874. The van der Waals surface area contributed by atoms with Gasteiger partial charge < -0.3 is 10.2 Å². The predicted molar refractivity (Wildman–Crippen MR) is 92.0 cm³/mol. The first-order chi connectivity index (χ1) is 10.9. The maximum absolute atomic E-state index is 4.42. The van der Waals surface area contributed by atoms with Crippen molar-refractivity contribution in [2.45, 2.75) is 57.4 Å². The van der Waals surface area contributed by atoms with Crippen LogP contribution >= 0.6 is 0 Å². The molecule has 3 nitrogen and oxygen atoms in total. The number of piperidine rings is 1. The molecule has 122 valence electrons. The number of pyridine rings is 1. The van der Waals surface area contributed by atoms with E-state index in [1.54, 1.807) is 0 Å². The van der Waals surface area contributed by atoms with Gasteiger partial charge in [0, 0.05) is 30.9 Å². The Balaban J connectivity index is 1.30. The van der Waals surface area contributed by atoms with Crippen LogP contribution in [0.1, 0.15) is 50.6 Å². The van der Waals surface area contributed by atoms with Gasteiger partial charge in [-0.15, -0.1) is 0 Å². The van der Waals surface area contributed by atoms with Gasteiger partial charge in [-0.05, 0) is 63.4 Å². The molecule has 2 fully saturated rings. The standard InChI is InChI=1S/C19H31N3/c1-2-6-17(7-3-1)16-21-19-10-14-22(15-11-19)13-9-18-8-4-5-12-20-18/h4-5,8,12,17,19,21H,1-3,6-7,9-11,13-16H2. The average Bonchev–Trinajstić information content (AvgIpc) is 2.61. The van der Waals surface area contributed by atoms with Crippen molar-refractivity contribution in [1.82, 2.24) is 15.2 Å². The zero-order chi connectivity index (χ0) is 15.0. The maximum atomic E-state index is 4.42. The average molecular weight is 301 g/mol. The van der Waals surface area contributed by atoms with E-state index < -0.39 is 0 Å². The van der Waals surface area contributed by atoms with E-state index in [9.17, 15) is 0 Å². The van der Waals surface area contributed by atoms with E-state index in [1.807, 2.05) is 12.3 Å². The lowest BCUT2D eigenvalue weighted by Crippen LogP contribution is -2.44. The highest BCUT2D eigenvalue weighted by Gasteiger charge is 2.20. The summed E-state index contributed by atoms with van der Waals surface area (Å²) in [5.74, 6) is 0.955. The molecular formula is C19H31N3. The number of rotatable bonds is 6. The predicted octanol–water partition coefficient (Wildman–Crippen LogP) is 3.26. The molecule has 22 heavy (non-hydrogen) atoms. The molecule has 1 aromatic heterocycles. The van der Waals surface area contributed by atoms with E-state index in [2.05, 4.69) is 27.3 Å². The molecule has 2 heterocycles. The largest absolute Gasteiger partial charge is 0.314 e. The molecular weight excluding hydrogens is 270 g/mol. The van der Waals surface area contributed by atoms with Gasteiger partial charge in [0.25, 0.3) is 0 Å². The highest BCUT2D eigenvalue weighted by atomic mass is 15.1. The molecule has 1 aliphatic carbocycles. The third kappa shape index (κ3) is 5.06. The third-order valence-electron chi connectivity index (χ3n) is 5.42. The Morgan fingerprint density at radius 3 is 2.59 bits per heavy atom. The number of hydrogen-bond acceptors (Lipinski definition) is 3. The van der Waals surface area contributed by atoms with Crippen molar-refractivity contribution in [2.75, 3.05) is 26.2 Å². The Kier molecular flexibility index (Phi) is 6.26. The zero-order valence-electron chi connectivity index (χ0n) is 13.8. The minimum atomic E-state index is 0.757. The first-order valence-corrected chi connectivity index (χ1v) is 9.26. The van der Waals surface area contributed by atoms with Crippen LogP contribution in [-0.2, 0) is 6.42 Å². The minimum Gasteiger partial charge on any atom is -0.314 e. The van der Waals surface area contributed by atoms with Crippen LogP contribution in [0.25, 0.3) is 0 Å². The van der Waals surface area contributed by atoms with Gasteiger partial charge in [-0.1, -0.05) is 25.3 Å². The number of nitrogens with zero attached hydrogens (tertiary/aromatic N) is 2. The molecule has 1 aliphatic heterocycles. The number of likely N-dealkylation sites (tertiary alicyclic amines) is 1. The Hall–Kier alpha value is -0.930. The first-order valence-electron chi connectivity index (χ1n) is 9.26. The molecule has 0 aromatic carbocycles. The van der Waals surface area contributed by atoms with Gasteiger partial charge in [0.1, 0.15) is 0 Å². The fourth-order valence-corrected chi connectivity index (χ4v) is 3.90. The molecule has 1 aromatic rings. The lowest BCUT2D eigenvalue weighted by atomic mass is 9.89. The van der Waals surface area contributed by atoms with Gasteiger partial charge in [0.05, 0.1) is 0 Å². The van der Waals surface area contributed by atoms with Crippen LogP contribution < -0.4 is 5.32 Å². The maximum Gasteiger partial charge on any atom is 0.0416 e. The monoisotopic (exact) mass is 301 g/mol. The summed E-state index contributed by atoms with van der Waals surface area (Å²) in [4.78, 5) is 7.02. The van der Waals surface area contributed by atoms with Gasteiger partial charge in [-0.25, -0.2) is 0 Å².